The molecule has 0 bridgehead atoms. The van der Waals surface area contributed by atoms with Crippen LogP contribution in [0.5, 0.6) is 17.2 Å². The highest BCUT2D eigenvalue weighted by Gasteiger charge is 2.45. The fraction of sp³-hybridized carbons (Fsp3) is 0.346. The molecule has 2 saturated heterocycles. The number of ether oxygens (including phenoxy) is 6. The van der Waals surface area contributed by atoms with E-state index < -0.39 is 23.1 Å². The summed E-state index contributed by atoms with van der Waals surface area (Å²) in [6.45, 7) is 13.9. The minimum Gasteiger partial charge on any atom is -0.506 e. The summed E-state index contributed by atoms with van der Waals surface area (Å²) < 4.78 is 34.9. The summed E-state index contributed by atoms with van der Waals surface area (Å²) in [7, 11) is 1.71. The summed E-state index contributed by atoms with van der Waals surface area (Å²) in [6.07, 6.45) is 5.26. The number of methoxy groups -OCH3 is 1. The molecule has 3 heterocycles. The van der Waals surface area contributed by atoms with Crippen LogP contribution in [0.4, 0.5) is 16.2 Å². The van der Waals surface area contributed by atoms with Crippen molar-refractivity contribution in [3.05, 3.63) is 131 Å². The number of morpholine rings is 1. The number of anilines is 2. The van der Waals surface area contributed by atoms with Crippen LogP contribution >= 0.6 is 0 Å². The van der Waals surface area contributed by atoms with Crippen molar-refractivity contribution in [2.45, 2.75) is 44.6 Å². The van der Waals surface area contributed by atoms with E-state index in [0.29, 0.717) is 37.7 Å². The molecule has 0 spiro atoms. The topological polar surface area (TPSA) is 116 Å². The van der Waals surface area contributed by atoms with Crippen molar-refractivity contribution in [3.63, 3.8) is 0 Å². The van der Waals surface area contributed by atoms with Crippen molar-refractivity contribution in [1.82, 2.24) is 0 Å². The van der Waals surface area contributed by atoms with Crippen LogP contribution in [-0.4, -0.2) is 83.6 Å². The average Bonchev–Trinajstić information content (AvgIpc) is 3.56. The van der Waals surface area contributed by atoms with Crippen molar-refractivity contribution in [2.24, 2.45) is 5.92 Å². The fourth-order valence-corrected chi connectivity index (χ4v) is 9.88. The Kier molecular flexibility index (Phi) is 11.3. The van der Waals surface area contributed by atoms with Gasteiger partial charge in [-0.15, -0.1) is 0 Å². The van der Waals surface area contributed by atoms with Crippen molar-refractivity contribution in [2.75, 3.05) is 76.1 Å². The van der Waals surface area contributed by atoms with Gasteiger partial charge in [0.25, 0.3) is 0 Å². The molecule has 4 aliphatic rings. The smallest absolute Gasteiger partial charge is 0.506 e. The van der Waals surface area contributed by atoms with Crippen molar-refractivity contribution >= 4 is 40.3 Å². The molecule has 0 radical (unpaired) electrons. The zero-order valence-electron chi connectivity index (χ0n) is 36.4. The van der Waals surface area contributed by atoms with Gasteiger partial charge in [-0.25, -0.2) is 9.59 Å². The number of carbonyl (C=O) groups is 2. The molecule has 0 aromatic heterocycles. The van der Waals surface area contributed by atoms with Gasteiger partial charge < -0.3 is 43.3 Å². The minimum absolute atomic E-state index is 0.00812. The first-order valence-electron chi connectivity index (χ1n) is 21.8. The molecule has 11 heteroatoms. The van der Waals surface area contributed by atoms with Gasteiger partial charge in [0.1, 0.15) is 30.5 Å². The van der Waals surface area contributed by atoms with Gasteiger partial charge in [0.05, 0.1) is 32.6 Å². The highest BCUT2D eigenvalue weighted by Crippen LogP contribution is 2.61. The molecular formula is C52H54N2O9. The summed E-state index contributed by atoms with van der Waals surface area (Å²) in [4.78, 5) is 28.6. The van der Waals surface area contributed by atoms with Gasteiger partial charge in [-0.05, 0) is 78.2 Å². The minimum atomic E-state index is -0.975. The van der Waals surface area contributed by atoms with Crippen LogP contribution < -0.4 is 19.3 Å². The van der Waals surface area contributed by atoms with Crippen LogP contribution in [0.1, 0.15) is 61.4 Å². The lowest BCUT2D eigenvalue weighted by molar-refractivity contribution is -0.140. The summed E-state index contributed by atoms with van der Waals surface area (Å²) in [5.41, 5.74) is 8.04. The molecular weight excluding hydrogens is 797 g/mol. The van der Waals surface area contributed by atoms with E-state index in [0.717, 1.165) is 87.1 Å². The Morgan fingerprint density at radius 3 is 2.35 bits per heavy atom. The summed E-state index contributed by atoms with van der Waals surface area (Å²) in [5, 5.41) is 13.9. The van der Waals surface area contributed by atoms with Crippen molar-refractivity contribution < 1.29 is 43.1 Å². The molecule has 0 saturated carbocycles. The van der Waals surface area contributed by atoms with Gasteiger partial charge in [-0.3, -0.25) is 0 Å². The quantitative estimate of drug-likeness (QED) is 0.0779. The normalized spacial score (nSPS) is 19.7. The number of phenols is 1. The second kappa shape index (κ2) is 17.0. The molecule has 5 aromatic carbocycles. The Bertz CT molecular complexity index is 2600. The number of carbonyl (C=O) groups excluding carboxylic acids is 2. The van der Waals surface area contributed by atoms with E-state index in [1.54, 1.807) is 14.0 Å². The molecule has 0 amide bonds. The van der Waals surface area contributed by atoms with Gasteiger partial charge in [-0.1, -0.05) is 81.1 Å². The van der Waals surface area contributed by atoms with Crippen LogP contribution in [0.2, 0.25) is 0 Å². The lowest BCUT2D eigenvalue weighted by Crippen LogP contribution is -2.37. The van der Waals surface area contributed by atoms with Crippen LogP contribution in [0.25, 0.3) is 28.0 Å². The number of esters is 1. The highest BCUT2D eigenvalue weighted by atomic mass is 16.7. The maximum atomic E-state index is 12.5. The Morgan fingerprint density at radius 2 is 1.60 bits per heavy atom. The van der Waals surface area contributed by atoms with Gasteiger partial charge >= 0.3 is 12.1 Å². The second-order valence-electron chi connectivity index (χ2n) is 17.4. The van der Waals surface area contributed by atoms with Gasteiger partial charge in [0.2, 0.25) is 0 Å². The van der Waals surface area contributed by atoms with Crippen LogP contribution in [0, 0.1) is 5.92 Å². The predicted molar refractivity (Wildman–Crippen MR) is 244 cm³/mol. The first-order chi connectivity index (χ1) is 30.5. The second-order valence-corrected chi connectivity index (χ2v) is 17.4. The van der Waals surface area contributed by atoms with Crippen LogP contribution in [-0.2, 0) is 34.8 Å². The molecule has 326 valence electrons. The van der Waals surface area contributed by atoms with E-state index in [-0.39, 0.29) is 37.1 Å². The van der Waals surface area contributed by atoms with E-state index in [1.165, 1.54) is 0 Å². The van der Waals surface area contributed by atoms with Gasteiger partial charge in [-0.2, -0.15) is 0 Å². The van der Waals surface area contributed by atoms with E-state index in [1.807, 2.05) is 30.3 Å². The number of piperidine rings is 1. The third kappa shape index (κ3) is 7.62. The monoisotopic (exact) mass is 850 g/mol. The van der Waals surface area contributed by atoms with Gasteiger partial charge in [0, 0.05) is 76.4 Å². The maximum absolute atomic E-state index is 12.5. The number of fused-ring (bicyclic) bond motifs is 8. The highest BCUT2D eigenvalue weighted by molar-refractivity contribution is 6.11. The van der Waals surface area contributed by atoms with Crippen molar-refractivity contribution in [3.8, 4) is 28.4 Å². The van der Waals surface area contributed by atoms with Gasteiger partial charge in [0.15, 0.2) is 5.60 Å². The third-order valence-corrected chi connectivity index (χ3v) is 13.0. The number of nitrogens with zero attached hydrogens (tertiary/aromatic N) is 2. The number of aromatic hydroxyl groups is 1. The average molecular weight is 851 g/mol. The molecule has 1 aliphatic carbocycles. The number of hydrogen-bond donors (Lipinski definition) is 1. The Hall–Kier alpha value is -6.46. The maximum Gasteiger partial charge on any atom is 0.508 e. The Balaban J connectivity index is 1.11. The molecule has 63 heavy (non-hydrogen) atoms. The van der Waals surface area contributed by atoms with E-state index >= 15 is 0 Å². The Morgan fingerprint density at radius 1 is 0.857 bits per heavy atom. The van der Waals surface area contributed by atoms with Crippen LogP contribution in [0.3, 0.4) is 0 Å². The van der Waals surface area contributed by atoms with E-state index in [2.05, 4.69) is 97.0 Å². The number of rotatable bonds is 11. The molecule has 5 aromatic rings. The fourth-order valence-electron chi connectivity index (χ4n) is 9.88. The Labute approximate surface area is 368 Å². The lowest BCUT2D eigenvalue weighted by Gasteiger charge is -2.39. The molecule has 2 unspecified atom stereocenters. The van der Waals surface area contributed by atoms with E-state index in [4.69, 9.17) is 28.4 Å². The first-order valence-corrected chi connectivity index (χ1v) is 21.8. The molecule has 11 nitrogen and oxygen atoms in total. The zero-order chi connectivity index (χ0) is 43.9. The summed E-state index contributed by atoms with van der Waals surface area (Å²) >= 11 is 0. The SMILES string of the molecule is C=C(C)C(=O)OCCOC(=O)OCC1CCCN(c2cc3c4c(c5c(c3cc2O)OC(c2ccccc2)(c2ccc(N3CCOCC3)cc2)C=C5)C(C)(C)c2cccc(OC)c2-4)C1. The molecule has 9 rings (SSSR count). The zero-order valence-corrected chi connectivity index (χ0v) is 36.4. The predicted octanol–water partition coefficient (Wildman–Crippen LogP) is 9.54. The summed E-state index contributed by atoms with van der Waals surface area (Å²) in [6, 6.07) is 29.2. The first kappa shape index (κ1) is 41.9. The number of benzene rings is 5. The molecule has 2 fully saturated rings. The molecule has 2 atom stereocenters. The van der Waals surface area contributed by atoms with Crippen LogP contribution in [0.15, 0.2) is 103 Å². The summed E-state index contributed by atoms with van der Waals surface area (Å²) in [5.74, 6) is 1.06. The number of hydrogen-bond acceptors (Lipinski definition) is 11. The third-order valence-electron chi connectivity index (χ3n) is 13.0. The van der Waals surface area contributed by atoms with Crippen molar-refractivity contribution in [1.29, 1.82) is 0 Å². The largest absolute Gasteiger partial charge is 0.508 e. The van der Waals surface area contributed by atoms with E-state index in [9.17, 15) is 14.7 Å². The molecule has 3 aliphatic heterocycles. The number of phenolic OH excluding ortho intramolecular Hbond substituents is 1. The molecule has 1 N–H and O–H groups in total. The lowest BCUT2D eigenvalue weighted by atomic mass is 9.76. The standard InChI is InChI=1S/C52H54N2O9/c1-33(2)49(56)60-27-28-61-50(57)62-32-34-11-10-22-54(31-34)42-29-39-40(30-43(42)55)48-38(47-45(39)46-41(51(47,3)4)14-9-15-44(46)58-5)20-21-52(63-48,35-12-7-6-8-13-35)36-16-18-37(19-17-36)53-23-25-59-26-24-53/h6-9,12-21,29-30,34,55H,1,10-11,22-28,31-32H2,2-5H3.